The van der Waals surface area contributed by atoms with E-state index in [1.165, 1.54) is 4.57 Å². The molecule has 166 valence electrons. The van der Waals surface area contributed by atoms with Gasteiger partial charge in [0.2, 0.25) is 5.88 Å². The predicted molar refractivity (Wildman–Crippen MR) is 140 cm³/mol. The van der Waals surface area contributed by atoms with Crippen LogP contribution in [-0.4, -0.2) is 15.9 Å². The van der Waals surface area contributed by atoms with E-state index in [-0.39, 0.29) is 11.4 Å². The van der Waals surface area contributed by atoms with Crippen LogP contribution in [0, 0.1) is 13.8 Å². The summed E-state index contributed by atoms with van der Waals surface area (Å²) >= 11 is 0. The van der Waals surface area contributed by atoms with Crippen LogP contribution in [0.1, 0.15) is 16.7 Å². The van der Waals surface area contributed by atoms with Crippen LogP contribution >= 0.6 is 0 Å². The molecule has 4 nitrogen and oxygen atoms in total. The molecule has 0 bridgehead atoms. The zero-order valence-electron chi connectivity index (χ0n) is 19.1. The standard InChI is InChI=1S/C30H24N2O2/c1-20-9-8-10-21(2)28(20)31-19-27-25-13-6-7-14-26(25)29(33)32(30(27)34)24-17-15-23(16-18-24)22-11-4-3-5-12-22/h3-19,34H,1-2H3. The lowest BCUT2D eigenvalue weighted by atomic mass is 10.0. The van der Waals surface area contributed by atoms with E-state index in [0.29, 0.717) is 22.0 Å². The molecule has 0 spiro atoms. The highest BCUT2D eigenvalue weighted by Gasteiger charge is 2.16. The molecular formula is C30H24N2O2. The molecule has 5 aromatic rings. The van der Waals surface area contributed by atoms with E-state index in [4.69, 9.17) is 4.99 Å². The van der Waals surface area contributed by atoms with Crippen LogP contribution in [0.5, 0.6) is 5.88 Å². The topological polar surface area (TPSA) is 54.6 Å². The molecule has 0 unspecified atom stereocenters. The Morgan fingerprint density at radius 1 is 0.706 bits per heavy atom. The smallest absolute Gasteiger partial charge is 0.265 e. The fourth-order valence-corrected chi connectivity index (χ4v) is 4.30. The summed E-state index contributed by atoms with van der Waals surface area (Å²) in [6, 6.07) is 31.0. The van der Waals surface area contributed by atoms with Crippen molar-refractivity contribution >= 4 is 22.7 Å². The maximum Gasteiger partial charge on any atom is 0.265 e. The average molecular weight is 445 g/mol. The van der Waals surface area contributed by atoms with Crippen molar-refractivity contribution in [1.82, 2.24) is 4.57 Å². The second-order valence-electron chi connectivity index (χ2n) is 8.33. The summed E-state index contributed by atoms with van der Waals surface area (Å²) in [5.41, 5.74) is 5.90. The number of para-hydroxylation sites is 1. The number of rotatable bonds is 4. The number of hydrogen-bond donors (Lipinski definition) is 1. The van der Waals surface area contributed by atoms with Crippen LogP contribution in [0.25, 0.3) is 27.6 Å². The van der Waals surface area contributed by atoms with E-state index < -0.39 is 0 Å². The van der Waals surface area contributed by atoms with Gasteiger partial charge in [0.05, 0.1) is 16.9 Å². The SMILES string of the molecule is Cc1cccc(C)c1N=Cc1c(O)n(-c2ccc(-c3ccccc3)cc2)c(=O)c2ccccc12. The van der Waals surface area contributed by atoms with Crippen molar-refractivity contribution in [2.24, 2.45) is 4.99 Å². The molecule has 0 amide bonds. The van der Waals surface area contributed by atoms with Crippen LogP contribution in [0.2, 0.25) is 0 Å². The highest BCUT2D eigenvalue weighted by molar-refractivity contribution is 6.02. The van der Waals surface area contributed by atoms with E-state index in [1.54, 1.807) is 12.3 Å². The van der Waals surface area contributed by atoms with Crippen LogP contribution < -0.4 is 5.56 Å². The molecule has 1 aromatic heterocycles. The Bertz CT molecular complexity index is 1560. The number of benzene rings is 4. The number of aromatic hydroxyl groups is 1. The highest BCUT2D eigenvalue weighted by atomic mass is 16.3. The minimum atomic E-state index is -0.273. The van der Waals surface area contributed by atoms with Crippen LogP contribution in [0.15, 0.2) is 107 Å². The van der Waals surface area contributed by atoms with Gasteiger partial charge in [-0.3, -0.25) is 9.79 Å². The first-order valence-electron chi connectivity index (χ1n) is 11.2. The third-order valence-corrected chi connectivity index (χ3v) is 6.10. The summed E-state index contributed by atoms with van der Waals surface area (Å²) in [6.45, 7) is 4.01. The Morgan fingerprint density at radius 2 is 1.29 bits per heavy atom. The molecule has 1 heterocycles. The van der Waals surface area contributed by atoms with Gasteiger partial charge in [-0.15, -0.1) is 0 Å². The second-order valence-corrected chi connectivity index (χ2v) is 8.33. The fourth-order valence-electron chi connectivity index (χ4n) is 4.30. The monoisotopic (exact) mass is 444 g/mol. The number of nitrogens with zero attached hydrogens (tertiary/aromatic N) is 2. The number of aryl methyl sites for hydroxylation is 2. The van der Waals surface area contributed by atoms with Gasteiger partial charge in [0.1, 0.15) is 0 Å². The molecule has 1 N–H and O–H groups in total. The normalized spacial score (nSPS) is 11.4. The summed E-state index contributed by atoms with van der Waals surface area (Å²) in [6.07, 6.45) is 1.65. The Kier molecular flexibility index (Phi) is 5.56. The maximum atomic E-state index is 13.4. The number of aliphatic imine (C=N–C) groups is 1. The second kappa shape index (κ2) is 8.83. The van der Waals surface area contributed by atoms with E-state index in [2.05, 4.69) is 0 Å². The molecular weight excluding hydrogens is 420 g/mol. The van der Waals surface area contributed by atoms with Crippen molar-refractivity contribution < 1.29 is 5.11 Å². The van der Waals surface area contributed by atoms with E-state index in [9.17, 15) is 9.90 Å². The van der Waals surface area contributed by atoms with Gasteiger partial charge in [0, 0.05) is 17.0 Å². The van der Waals surface area contributed by atoms with Gasteiger partial charge in [0.15, 0.2) is 0 Å². The summed E-state index contributed by atoms with van der Waals surface area (Å²) in [5.74, 6) is -0.133. The minimum Gasteiger partial charge on any atom is -0.494 e. The Labute approximate surface area is 198 Å². The molecule has 4 aromatic carbocycles. The van der Waals surface area contributed by atoms with Crippen molar-refractivity contribution in [2.45, 2.75) is 13.8 Å². The first kappa shape index (κ1) is 21.4. The van der Waals surface area contributed by atoms with Gasteiger partial charge >= 0.3 is 0 Å². The lowest BCUT2D eigenvalue weighted by Crippen LogP contribution is -2.20. The van der Waals surface area contributed by atoms with Crippen LogP contribution in [0.3, 0.4) is 0 Å². The minimum absolute atomic E-state index is 0.133. The summed E-state index contributed by atoms with van der Waals surface area (Å²) in [5, 5.41) is 12.5. The molecule has 0 radical (unpaired) electrons. The van der Waals surface area contributed by atoms with Crippen molar-refractivity contribution in [3.8, 4) is 22.7 Å². The highest BCUT2D eigenvalue weighted by Crippen LogP contribution is 2.29. The molecule has 0 atom stereocenters. The summed E-state index contributed by atoms with van der Waals surface area (Å²) < 4.78 is 1.35. The average Bonchev–Trinajstić information content (AvgIpc) is 2.86. The molecule has 4 heteroatoms. The quantitative estimate of drug-likeness (QED) is 0.312. The van der Waals surface area contributed by atoms with Gasteiger partial charge in [0.25, 0.3) is 5.56 Å². The Morgan fingerprint density at radius 3 is 1.97 bits per heavy atom. The number of aromatic nitrogens is 1. The van der Waals surface area contributed by atoms with Crippen LogP contribution in [0.4, 0.5) is 5.69 Å². The molecule has 5 rings (SSSR count). The molecule has 0 saturated carbocycles. The third-order valence-electron chi connectivity index (χ3n) is 6.10. The zero-order valence-corrected chi connectivity index (χ0v) is 19.1. The molecule has 0 aliphatic rings. The number of hydrogen-bond acceptors (Lipinski definition) is 3. The van der Waals surface area contributed by atoms with Crippen molar-refractivity contribution in [3.05, 3.63) is 124 Å². The van der Waals surface area contributed by atoms with Gasteiger partial charge in [-0.25, -0.2) is 4.57 Å². The van der Waals surface area contributed by atoms with E-state index in [1.807, 2.05) is 105 Å². The Balaban J connectivity index is 1.68. The lowest BCUT2D eigenvalue weighted by Gasteiger charge is -2.14. The molecule has 0 fully saturated rings. The van der Waals surface area contributed by atoms with Gasteiger partial charge in [-0.2, -0.15) is 0 Å². The van der Waals surface area contributed by atoms with Crippen molar-refractivity contribution in [2.75, 3.05) is 0 Å². The van der Waals surface area contributed by atoms with Gasteiger partial charge < -0.3 is 5.11 Å². The predicted octanol–water partition coefficient (Wildman–Crippen LogP) is 6.73. The van der Waals surface area contributed by atoms with E-state index >= 15 is 0 Å². The largest absolute Gasteiger partial charge is 0.494 e. The number of fused-ring (bicyclic) bond motifs is 1. The molecule has 0 aliphatic carbocycles. The first-order valence-corrected chi connectivity index (χ1v) is 11.2. The summed E-state index contributed by atoms with van der Waals surface area (Å²) in [4.78, 5) is 18.1. The fraction of sp³-hybridized carbons (Fsp3) is 0.0667. The van der Waals surface area contributed by atoms with Gasteiger partial charge in [-0.05, 0) is 54.3 Å². The van der Waals surface area contributed by atoms with Gasteiger partial charge in [-0.1, -0.05) is 78.9 Å². The maximum absolute atomic E-state index is 13.4. The first-order chi connectivity index (χ1) is 16.5. The molecule has 0 saturated heterocycles. The van der Waals surface area contributed by atoms with Crippen molar-refractivity contribution in [3.63, 3.8) is 0 Å². The van der Waals surface area contributed by atoms with Crippen LogP contribution in [-0.2, 0) is 0 Å². The zero-order chi connectivity index (χ0) is 23.7. The molecule has 0 aliphatic heterocycles. The van der Waals surface area contributed by atoms with E-state index in [0.717, 1.165) is 27.9 Å². The van der Waals surface area contributed by atoms with Crippen molar-refractivity contribution in [1.29, 1.82) is 0 Å². The summed E-state index contributed by atoms with van der Waals surface area (Å²) in [7, 11) is 0. The Hall–Kier alpha value is -4.44. The molecule has 34 heavy (non-hydrogen) atoms. The lowest BCUT2D eigenvalue weighted by molar-refractivity contribution is 0.436. The number of pyridine rings is 1. The third kappa shape index (κ3) is 3.80.